The molecule has 118 valence electrons. The molecule has 0 spiro atoms. The molecule has 4 nitrogen and oxygen atoms in total. The van der Waals surface area contributed by atoms with Crippen LogP contribution >= 0.6 is 11.8 Å². The van der Waals surface area contributed by atoms with Crippen LogP contribution in [0.1, 0.15) is 25.0 Å². The topological polar surface area (TPSA) is 45.7 Å². The number of hydrogen-bond acceptors (Lipinski definition) is 3. The minimum atomic E-state index is 0.185. The molecule has 0 aliphatic carbocycles. The van der Waals surface area contributed by atoms with E-state index >= 15 is 0 Å². The van der Waals surface area contributed by atoms with Gasteiger partial charge in [-0.05, 0) is 44.2 Å². The lowest BCUT2D eigenvalue weighted by Gasteiger charge is -2.23. The van der Waals surface area contributed by atoms with Crippen molar-refractivity contribution in [2.24, 2.45) is 4.99 Å². The van der Waals surface area contributed by atoms with Crippen molar-refractivity contribution in [1.29, 1.82) is 0 Å². The Labute approximate surface area is 132 Å². The summed E-state index contributed by atoms with van der Waals surface area (Å²) in [7, 11) is 3.49. The summed E-state index contributed by atoms with van der Waals surface area (Å²) in [5, 5.41) is 6.68. The summed E-state index contributed by atoms with van der Waals surface area (Å²) in [6.45, 7) is 8.05. The fraction of sp³-hybridized carbons (Fsp3) is 0.562. The first-order chi connectivity index (χ1) is 9.91. The highest BCUT2D eigenvalue weighted by Gasteiger charge is 2.16. The van der Waals surface area contributed by atoms with Crippen LogP contribution in [0.25, 0.3) is 0 Å². The van der Waals surface area contributed by atoms with E-state index in [1.807, 2.05) is 18.7 Å². The zero-order valence-corrected chi connectivity index (χ0v) is 14.7. The first-order valence-electron chi connectivity index (χ1n) is 7.05. The van der Waals surface area contributed by atoms with Gasteiger partial charge >= 0.3 is 0 Å². The van der Waals surface area contributed by atoms with Gasteiger partial charge < -0.3 is 15.4 Å². The monoisotopic (exact) mass is 309 g/mol. The second-order valence-corrected chi connectivity index (χ2v) is 7.06. The van der Waals surface area contributed by atoms with Crippen molar-refractivity contribution in [3.05, 3.63) is 29.3 Å². The van der Waals surface area contributed by atoms with E-state index in [9.17, 15) is 0 Å². The summed E-state index contributed by atoms with van der Waals surface area (Å²) in [6, 6.07) is 6.23. The van der Waals surface area contributed by atoms with Crippen LogP contribution in [0.2, 0.25) is 0 Å². The van der Waals surface area contributed by atoms with Crippen molar-refractivity contribution in [3.8, 4) is 5.75 Å². The summed E-state index contributed by atoms with van der Waals surface area (Å²) < 4.78 is 5.53. The van der Waals surface area contributed by atoms with Crippen LogP contribution in [0, 0.1) is 6.92 Å². The predicted octanol–water partition coefficient (Wildman–Crippen LogP) is 2.81. The Morgan fingerprint density at radius 1 is 1.33 bits per heavy atom. The smallest absolute Gasteiger partial charge is 0.191 e. The molecule has 1 aromatic rings. The average Bonchev–Trinajstić information content (AvgIpc) is 2.48. The Bertz CT molecular complexity index is 486. The number of aryl methyl sites for hydroxylation is 1. The average molecular weight is 309 g/mol. The molecule has 0 aliphatic rings. The lowest BCUT2D eigenvalue weighted by molar-refractivity contribution is 0.411. The van der Waals surface area contributed by atoms with Crippen LogP contribution in [-0.4, -0.2) is 37.7 Å². The molecule has 0 unspecified atom stereocenters. The largest absolute Gasteiger partial charge is 0.496 e. The number of methoxy groups -OCH3 is 1. The van der Waals surface area contributed by atoms with Crippen molar-refractivity contribution < 1.29 is 4.74 Å². The van der Waals surface area contributed by atoms with Crippen LogP contribution in [0.4, 0.5) is 0 Å². The molecule has 1 rings (SSSR count). The highest BCUT2D eigenvalue weighted by molar-refractivity contribution is 7.99. The number of ether oxygens (including phenoxy) is 1. The molecule has 2 N–H and O–H groups in total. The Balaban J connectivity index is 2.56. The van der Waals surface area contributed by atoms with E-state index in [1.54, 1.807) is 14.2 Å². The van der Waals surface area contributed by atoms with E-state index in [2.05, 4.69) is 53.9 Å². The van der Waals surface area contributed by atoms with Crippen LogP contribution in [-0.2, 0) is 6.54 Å². The van der Waals surface area contributed by atoms with Crippen LogP contribution in [0.3, 0.4) is 0 Å². The number of thioether (sulfide) groups is 1. The van der Waals surface area contributed by atoms with Crippen molar-refractivity contribution in [2.75, 3.05) is 27.0 Å². The maximum atomic E-state index is 5.35. The first kappa shape index (κ1) is 17.7. The van der Waals surface area contributed by atoms with Gasteiger partial charge in [0, 0.05) is 24.9 Å². The highest BCUT2D eigenvalue weighted by Crippen LogP contribution is 2.20. The van der Waals surface area contributed by atoms with E-state index in [1.165, 1.54) is 5.56 Å². The predicted molar refractivity (Wildman–Crippen MR) is 93.5 cm³/mol. The zero-order valence-electron chi connectivity index (χ0n) is 13.9. The van der Waals surface area contributed by atoms with E-state index in [-0.39, 0.29) is 4.75 Å². The molecule has 1 aromatic carbocycles. The minimum absolute atomic E-state index is 0.185. The van der Waals surface area contributed by atoms with Crippen LogP contribution in [0.15, 0.2) is 23.2 Å². The zero-order chi connectivity index (χ0) is 15.9. The maximum Gasteiger partial charge on any atom is 0.191 e. The molecule has 0 fully saturated rings. The number of rotatable bonds is 6. The molecule has 0 saturated heterocycles. The summed E-state index contributed by atoms with van der Waals surface area (Å²) in [6.07, 6.45) is 2.12. The van der Waals surface area contributed by atoms with Crippen molar-refractivity contribution >= 4 is 17.7 Å². The molecule has 5 heteroatoms. The molecule has 0 atom stereocenters. The standard InChI is InChI=1S/C16H27N3OS/c1-12-7-8-13(9-14(12)20-5)10-18-15(17-4)19-11-16(2,3)21-6/h7-9H,10-11H2,1-6H3,(H2,17,18,19). The lowest BCUT2D eigenvalue weighted by atomic mass is 10.1. The molecule has 0 aliphatic heterocycles. The third kappa shape index (κ3) is 5.87. The first-order valence-corrected chi connectivity index (χ1v) is 8.27. The van der Waals surface area contributed by atoms with Crippen molar-refractivity contribution in [3.63, 3.8) is 0 Å². The second kappa shape index (κ2) is 8.17. The number of aliphatic imine (C=N–C) groups is 1. The SMILES string of the molecule is CN=C(NCc1ccc(C)c(OC)c1)NCC(C)(C)SC. The van der Waals surface area contributed by atoms with Crippen molar-refractivity contribution in [2.45, 2.75) is 32.1 Å². The molecule has 21 heavy (non-hydrogen) atoms. The minimum Gasteiger partial charge on any atom is -0.496 e. The Kier molecular flexibility index (Phi) is 6.89. The van der Waals surface area contributed by atoms with Gasteiger partial charge in [-0.3, -0.25) is 4.99 Å². The van der Waals surface area contributed by atoms with Gasteiger partial charge in [0.2, 0.25) is 0 Å². The molecule has 0 aromatic heterocycles. The van der Waals surface area contributed by atoms with E-state index < -0.39 is 0 Å². The molecule has 0 bridgehead atoms. The van der Waals surface area contributed by atoms with E-state index in [0.29, 0.717) is 0 Å². The van der Waals surface area contributed by atoms with Gasteiger partial charge in [0.25, 0.3) is 0 Å². The van der Waals surface area contributed by atoms with E-state index in [0.717, 1.165) is 30.4 Å². The maximum absolute atomic E-state index is 5.35. The van der Waals surface area contributed by atoms with Gasteiger partial charge in [-0.1, -0.05) is 12.1 Å². The summed E-state index contributed by atoms with van der Waals surface area (Å²) in [4.78, 5) is 4.25. The van der Waals surface area contributed by atoms with E-state index in [4.69, 9.17) is 4.74 Å². The molecular formula is C16H27N3OS. The van der Waals surface area contributed by atoms with Gasteiger partial charge in [-0.2, -0.15) is 11.8 Å². The summed E-state index contributed by atoms with van der Waals surface area (Å²) in [5.74, 6) is 1.73. The van der Waals surface area contributed by atoms with Crippen molar-refractivity contribution in [1.82, 2.24) is 10.6 Å². The molecule has 0 heterocycles. The van der Waals surface area contributed by atoms with Gasteiger partial charge in [-0.15, -0.1) is 0 Å². The number of nitrogens with zero attached hydrogens (tertiary/aromatic N) is 1. The number of nitrogens with one attached hydrogen (secondary N) is 2. The molecule has 0 saturated carbocycles. The second-order valence-electron chi connectivity index (χ2n) is 5.55. The third-order valence-electron chi connectivity index (χ3n) is 3.39. The van der Waals surface area contributed by atoms with Gasteiger partial charge in [0.1, 0.15) is 5.75 Å². The fourth-order valence-electron chi connectivity index (χ4n) is 1.75. The highest BCUT2D eigenvalue weighted by atomic mass is 32.2. The molecular weight excluding hydrogens is 282 g/mol. The normalized spacial score (nSPS) is 12.2. The summed E-state index contributed by atoms with van der Waals surface area (Å²) in [5.41, 5.74) is 2.31. The number of benzene rings is 1. The Morgan fingerprint density at radius 3 is 2.62 bits per heavy atom. The molecule has 0 radical (unpaired) electrons. The lowest BCUT2D eigenvalue weighted by Crippen LogP contribution is -2.42. The van der Waals surface area contributed by atoms with Gasteiger partial charge in [-0.25, -0.2) is 0 Å². The quantitative estimate of drug-likeness (QED) is 0.626. The Hall–Kier alpha value is -1.36. The van der Waals surface area contributed by atoms with Crippen LogP contribution in [0.5, 0.6) is 5.75 Å². The Morgan fingerprint density at radius 2 is 2.05 bits per heavy atom. The fourth-order valence-corrected chi connectivity index (χ4v) is 1.97. The van der Waals surface area contributed by atoms with Gasteiger partial charge in [0.05, 0.1) is 7.11 Å². The van der Waals surface area contributed by atoms with Gasteiger partial charge in [0.15, 0.2) is 5.96 Å². The number of hydrogen-bond donors (Lipinski definition) is 2. The summed E-state index contributed by atoms with van der Waals surface area (Å²) >= 11 is 1.84. The number of guanidine groups is 1. The van der Waals surface area contributed by atoms with Crippen LogP contribution < -0.4 is 15.4 Å². The molecule has 0 amide bonds. The third-order valence-corrected chi connectivity index (χ3v) is 4.64.